The van der Waals surface area contributed by atoms with Crippen LogP contribution in [0, 0.1) is 0 Å². The first-order valence-electron chi connectivity index (χ1n) is 8.29. The van der Waals surface area contributed by atoms with Crippen molar-refractivity contribution in [1.29, 1.82) is 0 Å². The van der Waals surface area contributed by atoms with Gasteiger partial charge in [-0.05, 0) is 35.4 Å². The number of methoxy groups -OCH3 is 3. The van der Waals surface area contributed by atoms with E-state index in [-0.39, 0.29) is 6.54 Å². The summed E-state index contributed by atoms with van der Waals surface area (Å²) in [4.78, 5) is 13.6. The summed E-state index contributed by atoms with van der Waals surface area (Å²) in [5.74, 6) is 0.926. The zero-order valence-electron chi connectivity index (χ0n) is 15.3. The van der Waals surface area contributed by atoms with Gasteiger partial charge < -0.3 is 19.3 Å². The second-order valence-electron chi connectivity index (χ2n) is 5.90. The predicted molar refractivity (Wildman–Crippen MR) is 98.1 cm³/mol. The van der Waals surface area contributed by atoms with E-state index in [0.717, 1.165) is 22.6 Å². The largest absolute Gasteiger partial charge is 0.497 e. The molecule has 1 unspecified atom stereocenters. The monoisotopic (exact) mass is 359 g/mol. The Hall–Kier alpha value is -2.57. The standard InChI is InChI=1S/C20H25NO5/c1-24-17-8-4-15(5-9-17)12-21(14-19(22)20(23)26-3)13-16-6-10-18(25-2)11-7-16/h4-11,19,22H,12-14H2,1-3H3. The first kappa shape index (κ1) is 19.8. The summed E-state index contributed by atoms with van der Waals surface area (Å²) in [5, 5.41) is 10.1. The van der Waals surface area contributed by atoms with E-state index in [1.54, 1.807) is 14.2 Å². The molecule has 1 atom stereocenters. The van der Waals surface area contributed by atoms with E-state index in [9.17, 15) is 9.90 Å². The molecule has 0 saturated heterocycles. The average Bonchev–Trinajstić information content (AvgIpc) is 2.68. The van der Waals surface area contributed by atoms with Crippen LogP contribution in [-0.4, -0.2) is 50.0 Å². The molecule has 2 aromatic rings. The average molecular weight is 359 g/mol. The van der Waals surface area contributed by atoms with Gasteiger partial charge in [-0.3, -0.25) is 4.90 Å². The predicted octanol–water partition coefficient (Wildman–Crippen LogP) is 2.24. The Labute approximate surface area is 153 Å². The SMILES string of the molecule is COC(=O)C(O)CN(Cc1ccc(OC)cc1)Cc1ccc(OC)cc1. The molecule has 0 saturated carbocycles. The number of ether oxygens (including phenoxy) is 3. The molecule has 0 spiro atoms. The number of hydrogen-bond donors (Lipinski definition) is 1. The van der Waals surface area contributed by atoms with Gasteiger partial charge >= 0.3 is 5.97 Å². The van der Waals surface area contributed by atoms with E-state index in [2.05, 4.69) is 4.74 Å². The molecule has 0 aliphatic heterocycles. The van der Waals surface area contributed by atoms with Crippen LogP contribution in [-0.2, 0) is 22.6 Å². The minimum Gasteiger partial charge on any atom is -0.497 e. The van der Waals surface area contributed by atoms with Gasteiger partial charge in [0.2, 0.25) is 0 Å². The summed E-state index contributed by atoms with van der Waals surface area (Å²) in [5.41, 5.74) is 2.10. The summed E-state index contributed by atoms with van der Waals surface area (Å²) >= 11 is 0. The molecule has 140 valence electrons. The van der Waals surface area contributed by atoms with Gasteiger partial charge in [0.15, 0.2) is 6.10 Å². The molecule has 0 amide bonds. The van der Waals surface area contributed by atoms with Crippen molar-refractivity contribution in [2.75, 3.05) is 27.9 Å². The van der Waals surface area contributed by atoms with Crippen molar-refractivity contribution in [1.82, 2.24) is 4.90 Å². The van der Waals surface area contributed by atoms with Crippen molar-refractivity contribution in [2.24, 2.45) is 0 Å². The van der Waals surface area contributed by atoms with Gasteiger partial charge in [0.25, 0.3) is 0 Å². The molecule has 1 N–H and O–H groups in total. The lowest BCUT2D eigenvalue weighted by Gasteiger charge is -2.24. The number of nitrogens with zero attached hydrogens (tertiary/aromatic N) is 1. The highest BCUT2D eigenvalue weighted by Gasteiger charge is 2.20. The van der Waals surface area contributed by atoms with E-state index in [1.807, 2.05) is 53.4 Å². The number of esters is 1. The molecular formula is C20H25NO5. The third kappa shape index (κ3) is 5.75. The Bertz CT molecular complexity index is 635. The van der Waals surface area contributed by atoms with Gasteiger partial charge in [0.05, 0.1) is 21.3 Å². The van der Waals surface area contributed by atoms with Gasteiger partial charge in [-0.25, -0.2) is 4.79 Å². The molecule has 0 fully saturated rings. The van der Waals surface area contributed by atoms with Crippen LogP contribution in [0.25, 0.3) is 0 Å². The lowest BCUT2D eigenvalue weighted by molar-refractivity contribution is -0.151. The molecule has 2 aromatic carbocycles. The number of benzene rings is 2. The van der Waals surface area contributed by atoms with Gasteiger partial charge in [0.1, 0.15) is 11.5 Å². The van der Waals surface area contributed by atoms with Crippen LogP contribution in [0.2, 0.25) is 0 Å². The Morgan fingerprint density at radius 2 is 1.31 bits per heavy atom. The molecule has 0 bridgehead atoms. The lowest BCUT2D eigenvalue weighted by atomic mass is 10.1. The van der Waals surface area contributed by atoms with Crippen molar-refractivity contribution < 1.29 is 24.1 Å². The Morgan fingerprint density at radius 1 is 0.885 bits per heavy atom. The van der Waals surface area contributed by atoms with Crippen LogP contribution < -0.4 is 9.47 Å². The zero-order valence-corrected chi connectivity index (χ0v) is 15.3. The van der Waals surface area contributed by atoms with E-state index in [0.29, 0.717) is 13.1 Å². The van der Waals surface area contributed by atoms with Crippen molar-refractivity contribution in [2.45, 2.75) is 19.2 Å². The maximum absolute atomic E-state index is 11.6. The smallest absolute Gasteiger partial charge is 0.336 e. The highest BCUT2D eigenvalue weighted by molar-refractivity contribution is 5.74. The van der Waals surface area contributed by atoms with Gasteiger partial charge in [-0.15, -0.1) is 0 Å². The fraction of sp³-hybridized carbons (Fsp3) is 0.350. The van der Waals surface area contributed by atoms with E-state index >= 15 is 0 Å². The molecular weight excluding hydrogens is 334 g/mol. The van der Waals surface area contributed by atoms with E-state index in [4.69, 9.17) is 9.47 Å². The zero-order chi connectivity index (χ0) is 18.9. The van der Waals surface area contributed by atoms with Gasteiger partial charge in [-0.1, -0.05) is 24.3 Å². The quantitative estimate of drug-likeness (QED) is 0.693. The van der Waals surface area contributed by atoms with E-state index < -0.39 is 12.1 Å². The van der Waals surface area contributed by atoms with Crippen molar-refractivity contribution >= 4 is 5.97 Å². The summed E-state index contributed by atoms with van der Waals surface area (Å²) in [6.07, 6.45) is -1.20. The maximum atomic E-state index is 11.6. The molecule has 0 radical (unpaired) electrons. The minimum atomic E-state index is -1.20. The van der Waals surface area contributed by atoms with Crippen LogP contribution >= 0.6 is 0 Å². The number of carbonyl (C=O) groups is 1. The molecule has 6 heteroatoms. The number of aliphatic hydroxyl groups is 1. The Kier molecular flexibility index (Phi) is 7.44. The first-order valence-corrected chi connectivity index (χ1v) is 8.29. The van der Waals surface area contributed by atoms with Crippen LogP contribution in [0.15, 0.2) is 48.5 Å². The topological polar surface area (TPSA) is 68.2 Å². The summed E-state index contributed by atoms with van der Waals surface area (Å²) in [6.45, 7) is 1.32. The minimum absolute atomic E-state index is 0.171. The number of rotatable bonds is 9. The van der Waals surface area contributed by atoms with Crippen LogP contribution in [0.1, 0.15) is 11.1 Å². The Balaban J connectivity index is 2.12. The highest BCUT2D eigenvalue weighted by Crippen LogP contribution is 2.17. The fourth-order valence-electron chi connectivity index (χ4n) is 2.62. The molecule has 6 nitrogen and oxygen atoms in total. The highest BCUT2D eigenvalue weighted by atomic mass is 16.5. The fourth-order valence-corrected chi connectivity index (χ4v) is 2.62. The van der Waals surface area contributed by atoms with Crippen molar-refractivity contribution in [3.63, 3.8) is 0 Å². The maximum Gasteiger partial charge on any atom is 0.336 e. The number of aliphatic hydroxyl groups excluding tert-OH is 1. The molecule has 2 rings (SSSR count). The van der Waals surface area contributed by atoms with Crippen molar-refractivity contribution in [3.8, 4) is 11.5 Å². The number of carbonyl (C=O) groups excluding carboxylic acids is 1. The molecule has 26 heavy (non-hydrogen) atoms. The first-order chi connectivity index (χ1) is 12.5. The van der Waals surface area contributed by atoms with Crippen LogP contribution in [0.3, 0.4) is 0 Å². The normalized spacial score (nSPS) is 11.9. The van der Waals surface area contributed by atoms with Gasteiger partial charge in [-0.2, -0.15) is 0 Å². The molecule has 0 aliphatic rings. The molecule has 0 aliphatic carbocycles. The second-order valence-corrected chi connectivity index (χ2v) is 5.90. The van der Waals surface area contributed by atoms with Crippen LogP contribution in [0.5, 0.6) is 11.5 Å². The lowest BCUT2D eigenvalue weighted by Crippen LogP contribution is -2.37. The summed E-state index contributed by atoms with van der Waals surface area (Å²) in [6, 6.07) is 15.4. The second kappa shape index (κ2) is 9.79. The summed E-state index contributed by atoms with van der Waals surface area (Å²) in [7, 11) is 4.51. The number of hydrogen-bond acceptors (Lipinski definition) is 6. The molecule has 0 heterocycles. The third-order valence-corrected chi connectivity index (χ3v) is 4.03. The third-order valence-electron chi connectivity index (χ3n) is 4.03. The van der Waals surface area contributed by atoms with E-state index in [1.165, 1.54) is 7.11 Å². The molecule has 0 aromatic heterocycles. The van der Waals surface area contributed by atoms with Gasteiger partial charge in [0, 0.05) is 19.6 Å². The summed E-state index contributed by atoms with van der Waals surface area (Å²) < 4.78 is 15.0. The Morgan fingerprint density at radius 3 is 1.65 bits per heavy atom. The van der Waals surface area contributed by atoms with Crippen molar-refractivity contribution in [3.05, 3.63) is 59.7 Å². The van der Waals surface area contributed by atoms with Crippen LogP contribution in [0.4, 0.5) is 0 Å².